The van der Waals surface area contributed by atoms with Crippen LogP contribution in [0.2, 0.25) is 0 Å². The van der Waals surface area contributed by atoms with Gasteiger partial charge in [-0.15, -0.1) is 0 Å². The third kappa shape index (κ3) is 3.71. The summed E-state index contributed by atoms with van der Waals surface area (Å²) in [5.41, 5.74) is 2.19. The molecular formula is C15H22N2O4S. The number of fused-ring (bicyclic) bond motifs is 1. The van der Waals surface area contributed by atoms with Gasteiger partial charge in [-0.2, -0.15) is 0 Å². The minimum absolute atomic E-state index is 0.127. The lowest BCUT2D eigenvalue weighted by molar-refractivity contribution is 0.168. The fourth-order valence-electron chi connectivity index (χ4n) is 2.56. The molecule has 6 nitrogen and oxygen atoms in total. The molecule has 0 unspecified atom stereocenters. The average molecular weight is 326 g/mol. The van der Waals surface area contributed by atoms with E-state index in [0.29, 0.717) is 24.3 Å². The first-order chi connectivity index (χ1) is 10.5. The molecule has 1 heterocycles. The minimum Gasteiger partial charge on any atom is -0.450 e. The van der Waals surface area contributed by atoms with E-state index < -0.39 is 16.1 Å². The third-order valence-electron chi connectivity index (χ3n) is 3.48. The Morgan fingerprint density at radius 3 is 2.82 bits per heavy atom. The zero-order valence-corrected chi connectivity index (χ0v) is 13.8. The fourth-order valence-corrected chi connectivity index (χ4v) is 4.17. The molecule has 7 heteroatoms. The normalized spacial score (nSPS) is 14.4. The summed E-state index contributed by atoms with van der Waals surface area (Å²) < 4.78 is 31.1. The number of hydrogen-bond donors (Lipinski definition) is 1. The van der Waals surface area contributed by atoms with Gasteiger partial charge in [-0.25, -0.2) is 13.2 Å². The van der Waals surface area contributed by atoms with E-state index >= 15 is 0 Å². The predicted octanol–water partition coefficient (Wildman–Crippen LogP) is 2.75. The Bertz CT molecular complexity index is 643. The molecule has 0 atom stereocenters. The van der Waals surface area contributed by atoms with Gasteiger partial charge in [0.15, 0.2) is 0 Å². The van der Waals surface area contributed by atoms with Crippen LogP contribution in [0.15, 0.2) is 18.2 Å². The van der Waals surface area contributed by atoms with Gasteiger partial charge in [0.25, 0.3) is 0 Å². The molecule has 1 aliphatic rings. The van der Waals surface area contributed by atoms with Crippen LogP contribution in [0.1, 0.15) is 32.3 Å². The highest BCUT2D eigenvalue weighted by molar-refractivity contribution is 7.92. The zero-order valence-electron chi connectivity index (χ0n) is 13.0. The van der Waals surface area contributed by atoms with Gasteiger partial charge in [0, 0.05) is 12.2 Å². The van der Waals surface area contributed by atoms with Gasteiger partial charge in [-0.05, 0) is 43.9 Å². The van der Waals surface area contributed by atoms with Crippen LogP contribution in [-0.4, -0.2) is 33.4 Å². The molecule has 22 heavy (non-hydrogen) atoms. The molecule has 0 bridgehead atoms. The summed E-state index contributed by atoms with van der Waals surface area (Å²) in [4.78, 5) is 11.5. The number of aryl methyl sites for hydroxylation is 1. The maximum atomic E-state index is 12.4. The van der Waals surface area contributed by atoms with E-state index in [4.69, 9.17) is 4.74 Å². The average Bonchev–Trinajstić information content (AvgIpc) is 2.46. The molecule has 0 saturated carbocycles. The van der Waals surface area contributed by atoms with Crippen LogP contribution in [0, 0.1) is 0 Å². The maximum Gasteiger partial charge on any atom is 0.411 e. The van der Waals surface area contributed by atoms with Crippen molar-refractivity contribution in [2.24, 2.45) is 0 Å². The number of sulfonamides is 1. The smallest absolute Gasteiger partial charge is 0.411 e. The number of nitrogens with one attached hydrogen (secondary N) is 1. The molecule has 0 aliphatic carbocycles. The van der Waals surface area contributed by atoms with Crippen molar-refractivity contribution in [3.63, 3.8) is 0 Å². The summed E-state index contributed by atoms with van der Waals surface area (Å²) in [5, 5.41) is 2.61. The van der Waals surface area contributed by atoms with Crippen LogP contribution in [0.3, 0.4) is 0 Å². The molecule has 0 fully saturated rings. The zero-order chi connectivity index (χ0) is 16.2. The second kappa shape index (κ2) is 7.00. The lowest BCUT2D eigenvalue weighted by Crippen LogP contribution is -2.37. The summed E-state index contributed by atoms with van der Waals surface area (Å²) in [6.07, 6.45) is 1.68. The van der Waals surface area contributed by atoms with Gasteiger partial charge >= 0.3 is 6.09 Å². The highest BCUT2D eigenvalue weighted by atomic mass is 32.2. The summed E-state index contributed by atoms with van der Waals surface area (Å²) in [6.45, 7) is 4.35. The highest BCUT2D eigenvalue weighted by Crippen LogP contribution is 2.32. The maximum absolute atomic E-state index is 12.4. The Morgan fingerprint density at radius 1 is 1.36 bits per heavy atom. The first-order valence-electron chi connectivity index (χ1n) is 7.55. The van der Waals surface area contributed by atoms with Gasteiger partial charge in [0.2, 0.25) is 10.0 Å². The van der Waals surface area contributed by atoms with E-state index in [9.17, 15) is 13.2 Å². The number of amides is 1. The van der Waals surface area contributed by atoms with E-state index in [1.165, 1.54) is 4.31 Å². The first-order valence-corrected chi connectivity index (χ1v) is 9.16. The molecule has 0 saturated heterocycles. The Balaban J connectivity index is 2.30. The Morgan fingerprint density at radius 2 is 2.14 bits per heavy atom. The number of nitrogens with zero attached hydrogens (tertiary/aromatic N) is 1. The van der Waals surface area contributed by atoms with Crippen molar-refractivity contribution in [2.75, 3.05) is 28.5 Å². The number of carbonyl (C=O) groups excluding carboxylic acids is 1. The molecule has 1 aromatic rings. The van der Waals surface area contributed by atoms with Crippen molar-refractivity contribution in [1.82, 2.24) is 0 Å². The van der Waals surface area contributed by atoms with Crippen molar-refractivity contribution in [1.29, 1.82) is 0 Å². The number of ether oxygens (including phenoxy) is 1. The summed E-state index contributed by atoms with van der Waals surface area (Å²) in [7, 11) is -3.31. The standard InChI is InChI=1S/C15H22N2O4S/c1-3-10-22(19,20)17-9-5-6-12-7-8-13(11-14(12)17)16-15(18)21-4-2/h7-8,11H,3-6,9-10H2,1-2H3,(H,16,18). The Kier molecular flexibility index (Phi) is 5.28. The lowest BCUT2D eigenvalue weighted by Gasteiger charge is -2.30. The lowest BCUT2D eigenvalue weighted by atomic mass is 10.0. The minimum atomic E-state index is -3.31. The summed E-state index contributed by atoms with van der Waals surface area (Å²) >= 11 is 0. The van der Waals surface area contributed by atoms with Crippen molar-refractivity contribution in [3.8, 4) is 0 Å². The van der Waals surface area contributed by atoms with Crippen molar-refractivity contribution in [2.45, 2.75) is 33.1 Å². The van der Waals surface area contributed by atoms with E-state index in [1.54, 1.807) is 19.1 Å². The van der Waals surface area contributed by atoms with Crippen LogP contribution in [-0.2, 0) is 21.2 Å². The molecule has 1 aliphatic heterocycles. The molecule has 1 amide bonds. The topological polar surface area (TPSA) is 75.7 Å². The molecule has 2 rings (SSSR count). The van der Waals surface area contributed by atoms with Crippen LogP contribution >= 0.6 is 0 Å². The number of hydrogen-bond acceptors (Lipinski definition) is 4. The molecule has 1 N–H and O–H groups in total. The molecule has 122 valence electrons. The van der Waals surface area contributed by atoms with Crippen molar-refractivity contribution in [3.05, 3.63) is 23.8 Å². The SMILES string of the molecule is CCCS(=O)(=O)N1CCCc2ccc(NC(=O)OCC)cc21. The van der Waals surface area contributed by atoms with Crippen LogP contribution in [0.5, 0.6) is 0 Å². The second-order valence-electron chi connectivity index (χ2n) is 5.18. The number of benzene rings is 1. The van der Waals surface area contributed by atoms with Gasteiger partial charge in [0.1, 0.15) is 0 Å². The van der Waals surface area contributed by atoms with Gasteiger partial charge in [-0.3, -0.25) is 9.62 Å². The number of anilines is 2. The van der Waals surface area contributed by atoms with E-state index in [-0.39, 0.29) is 12.4 Å². The number of rotatable bonds is 5. The fraction of sp³-hybridized carbons (Fsp3) is 0.533. The van der Waals surface area contributed by atoms with E-state index in [1.807, 2.05) is 13.0 Å². The molecule has 0 radical (unpaired) electrons. The number of carbonyl (C=O) groups is 1. The monoisotopic (exact) mass is 326 g/mol. The highest BCUT2D eigenvalue weighted by Gasteiger charge is 2.27. The van der Waals surface area contributed by atoms with Crippen LogP contribution in [0.4, 0.5) is 16.2 Å². The predicted molar refractivity (Wildman–Crippen MR) is 86.8 cm³/mol. The van der Waals surface area contributed by atoms with Crippen molar-refractivity contribution >= 4 is 27.5 Å². The van der Waals surface area contributed by atoms with Gasteiger partial charge in [-0.1, -0.05) is 13.0 Å². The largest absolute Gasteiger partial charge is 0.450 e. The van der Waals surface area contributed by atoms with Gasteiger partial charge in [0.05, 0.1) is 18.0 Å². The molecule has 1 aromatic carbocycles. The molecular weight excluding hydrogens is 304 g/mol. The Labute approximate surface area is 131 Å². The third-order valence-corrected chi connectivity index (χ3v) is 5.46. The van der Waals surface area contributed by atoms with Gasteiger partial charge < -0.3 is 4.74 Å². The first kappa shape index (κ1) is 16.6. The summed E-state index contributed by atoms with van der Waals surface area (Å²) in [6, 6.07) is 5.34. The Hall–Kier alpha value is -1.76. The van der Waals surface area contributed by atoms with Crippen LogP contribution in [0.25, 0.3) is 0 Å². The van der Waals surface area contributed by atoms with E-state index in [0.717, 1.165) is 18.4 Å². The van der Waals surface area contributed by atoms with E-state index in [2.05, 4.69) is 5.32 Å². The van der Waals surface area contributed by atoms with Crippen molar-refractivity contribution < 1.29 is 17.9 Å². The molecule has 0 aromatic heterocycles. The van der Waals surface area contributed by atoms with Crippen LogP contribution < -0.4 is 9.62 Å². The quantitative estimate of drug-likeness (QED) is 0.902. The second-order valence-corrected chi connectivity index (χ2v) is 7.19. The summed E-state index contributed by atoms with van der Waals surface area (Å²) in [5.74, 6) is 0.127. The molecule has 0 spiro atoms.